The van der Waals surface area contributed by atoms with Gasteiger partial charge >= 0.3 is 6.18 Å². The number of benzene rings is 1. The molecule has 0 aliphatic heterocycles. The summed E-state index contributed by atoms with van der Waals surface area (Å²) in [7, 11) is 1.57. The molecule has 0 atom stereocenters. The second-order valence-electron chi connectivity index (χ2n) is 5.41. The Labute approximate surface area is 120 Å². The molecule has 0 saturated heterocycles. The Hall–Kier alpha value is -1.82. The van der Waals surface area contributed by atoms with Crippen LogP contribution in [0.2, 0.25) is 0 Å². The van der Waals surface area contributed by atoms with Gasteiger partial charge in [-0.25, -0.2) is 4.98 Å². The van der Waals surface area contributed by atoms with Crippen molar-refractivity contribution in [2.45, 2.75) is 31.6 Å². The van der Waals surface area contributed by atoms with E-state index in [2.05, 4.69) is 10.3 Å². The van der Waals surface area contributed by atoms with Crippen LogP contribution >= 0.6 is 0 Å². The summed E-state index contributed by atoms with van der Waals surface area (Å²) in [5.74, 6) is 0.323. The standard InChI is InChI=1S/C15H16F3N3/c1-21-9-13(15(16,17)18)20-14(21)11-4-2-10(3-5-11)8-19-12-6-7-12/h2-5,9,12,19H,6-8H2,1H3. The van der Waals surface area contributed by atoms with E-state index in [1.165, 1.54) is 17.4 Å². The molecule has 1 N–H and O–H groups in total. The van der Waals surface area contributed by atoms with Crippen molar-refractivity contribution >= 4 is 0 Å². The number of halogens is 3. The minimum atomic E-state index is -4.41. The van der Waals surface area contributed by atoms with E-state index in [1.807, 2.05) is 24.3 Å². The van der Waals surface area contributed by atoms with Crippen LogP contribution in [-0.2, 0) is 19.8 Å². The molecule has 1 aromatic heterocycles. The molecule has 3 rings (SSSR count). The average molecular weight is 295 g/mol. The average Bonchev–Trinajstić information content (AvgIpc) is 3.17. The molecule has 6 heteroatoms. The van der Waals surface area contributed by atoms with Crippen LogP contribution in [0.3, 0.4) is 0 Å². The van der Waals surface area contributed by atoms with E-state index in [9.17, 15) is 13.2 Å². The van der Waals surface area contributed by atoms with E-state index < -0.39 is 11.9 Å². The topological polar surface area (TPSA) is 29.9 Å². The molecular weight excluding hydrogens is 279 g/mol. The van der Waals surface area contributed by atoms with Crippen LogP contribution in [0, 0.1) is 0 Å². The van der Waals surface area contributed by atoms with Crippen molar-refractivity contribution in [1.29, 1.82) is 0 Å². The van der Waals surface area contributed by atoms with E-state index in [-0.39, 0.29) is 0 Å². The highest BCUT2D eigenvalue weighted by Crippen LogP contribution is 2.30. The molecule has 0 bridgehead atoms. The number of alkyl halides is 3. The molecule has 1 aliphatic carbocycles. The maximum absolute atomic E-state index is 12.7. The molecule has 0 radical (unpaired) electrons. The highest BCUT2D eigenvalue weighted by molar-refractivity contribution is 5.56. The van der Waals surface area contributed by atoms with E-state index in [4.69, 9.17) is 0 Å². The van der Waals surface area contributed by atoms with Gasteiger partial charge < -0.3 is 9.88 Å². The second-order valence-corrected chi connectivity index (χ2v) is 5.41. The van der Waals surface area contributed by atoms with Crippen LogP contribution < -0.4 is 5.32 Å². The Balaban J connectivity index is 1.78. The minimum Gasteiger partial charge on any atom is -0.333 e. The van der Waals surface area contributed by atoms with Gasteiger partial charge in [0.05, 0.1) is 0 Å². The maximum Gasteiger partial charge on any atom is 0.434 e. The van der Waals surface area contributed by atoms with E-state index in [0.29, 0.717) is 17.4 Å². The predicted octanol–water partition coefficient (Wildman–Crippen LogP) is 3.36. The lowest BCUT2D eigenvalue weighted by molar-refractivity contribution is -0.140. The number of rotatable bonds is 4. The van der Waals surface area contributed by atoms with Gasteiger partial charge in [0, 0.05) is 31.4 Å². The lowest BCUT2D eigenvalue weighted by atomic mass is 10.1. The number of nitrogens with zero attached hydrogens (tertiary/aromatic N) is 2. The van der Waals surface area contributed by atoms with Gasteiger partial charge in [0.2, 0.25) is 0 Å². The third kappa shape index (κ3) is 3.26. The zero-order valence-electron chi connectivity index (χ0n) is 11.6. The lowest BCUT2D eigenvalue weighted by Gasteiger charge is -2.05. The van der Waals surface area contributed by atoms with Crippen molar-refractivity contribution in [3.05, 3.63) is 41.7 Å². The van der Waals surface area contributed by atoms with E-state index in [0.717, 1.165) is 18.3 Å². The monoisotopic (exact) mass is 295 g/mol. The summed E-state index contributed by atoms with van der Waals surface area (Å²) in [5, 5.41) is 3.40. The first-order valence-electron chi connectivity index (χ1n) is 6.87. The summed E-state index contributed by atoms with van der Waals surface area (Å²) in [6.07, 6.45) is -0.945. The van der Waals surface area contributed by atoms with Crippen LogP contribution in [0.25, 0.3) is 11.4 Å². The fourth-order valence-corrected chi connectivity index (χ4v) is 2.19. The molecule has 0 unspecified atom stereocenters. The van der Waals surface area contributed by atoms with Crippen molar-refractivity contribution in [3.63, 3.8) is 0 Å². The van der Waals surface area contributed by atoms with Crippen molar-refractivity contribution in [1.82, 2.24) is 14.9 Å². The Morgan fingerprint density at radius 3 is 2.43 bits per heavy atom. The highest BCUT2D eigenvalue weighted by atomic mass is 19.4. The van der Waals surface area contributed by atoms with Gasteiger partial charge in [-0.2, -0.15) is 13.2 Å². The molecule has 3 nitrogen and oxygen atoms in total. The second kappa shape index (κ2) is 5.18. The number of imidazole rings is 1. The van der Waals surface area contributed by atoms with Crippen LogP contribution in [0.1, 0.15) is 24.1 Å². The van der Waals surface area contributed by atoms with Crippen molar-refractivity contribution in [2.75, 3.05) is 0 Å². The molecular formula is C15H16F3N3. The smallest absolute Gasteiger partial charge is 0.333 e. The first-order valence-corrected chi connectivity index (χ1v) is 6.87. The summed E-state index contributed by atoms with van der Waals surface area (Å²) >= 11 is 0. The molecule has 0 amide bonds. The van der Waals surface area contributed by atoms with Crippen LogP contribution in [-0.4, -0.2) is 15.6 Å². The SMILES string of the molecule is Cn1cc(C(F)(F)F)nc1-c1ccc(CNC2CC2)cc1. The van der Waals surface area contributed by atoms with E-state index in [1.54, 1.807) is 7.05 Å². The molecule has 1 heterocycles. The molecule has 112 valence electrons. The Bertz CT molecular complexity index is 625. The fourth-order valence-electron chi connectivity index (χ4n) is 2.19. The number of aryl methyl sites for hydroxylation is 1. The zero-order valence-corrected chi connectivity index (χ0v) is 11.6. The zero-order chi connectivity index (χ0) is 15.0. The maximum atomic E-state index is 12.7. The summed E-state index contributed by atoms with van der Waals surface area (Å²) in [5.41, 5.74) is 0.943. The van der Waals surface area contributed by atoms with Gasteiger partial charge in [0.25, 0.3) is 0 Å². The van der Waals surface area contributed by atoms with Crippen molar-refractivity contribution in [2.24, 2.45) is 7.05 Å². The van der Waals surface area contributed by atoms with Gasteiger partial charge in [-0.3, -0.25) is 0 Å². The summed E-state index contributed by atoms with van der Waals surface area (Å²) < 4.78 is 39.4. The number of nitrogens with one attached hydrogen (secondary N) is 1. The van der Waals surface area contributed by atoms with Gasteiger partial charge in [0.1, 0.15) is 5.82 Å². The minimum absolute atomic E-state index is 0.323. The normalized spacial score (nSPS) is 15.4. The Morgan fingerprint density at radius 2 is 1.90 bits per heavy atom. The van der Waals surface area contributed by atoms with Gasteiger partial charge in [0.15, 0.2) is 5.69 Å². The predicted molar refractivity (Wildman–Crippen MR) is 73.5 cm³/mol. The first-order chi connectivity index (χ1) is 9.93. The highest BCUT2D eigenvalue weighted by Gasteiger charge is 2.34. The van der Waals surface area contributed by atoms with Gasteiger partial charge in [-0.1, -0.05) is 24.3 Å². The third-order valence-electron chi connectivity index (χ3n) is 3.55. The number of aromatic nitrogens is 2. The van der Waals surface area contributed by atoms with Gasteiger partial charge in [-0.05, 0) is 18.4 Å². The largest absolute Gasteiger partial charge is 0.434 e. The molecule has 1 aliphatic rings. The number of hydrogen-bond acceptors (Lipinski definition) is 2. The van der Waals surface area contributed by atoms with Crippen molar-refractivity contribution < 1.29 is 13.2 Å². The molecule has 1 aromatic carbocycles. The summed E-state index contributed by atoms with van der Waals surface area (Å²) in [6.45, 7) is 0.791. The lowest BCUT2D eigenvalue weighted by Crippen LogP contribution is -2.15. The first kappa shape index (κ1) is 14.1. The van der Waals surface area contributed by atoms with E-state index >= 15 is 0 Å². The van der Waals surface area contributed by atoms with Crippen molar-refractivity contribution in [3.8, 4) is 11.4 Å². The number of hydrogen-bond donors (Lipinski definition) is 1. The molecule has 1 saturated carbocycles. The summed E-state index contributed by atoms with van der Waals surface area (Å²) in [4.78, 5) is 3.69. The molecule has 0 spiro atoms. The fraction of sp³-hybridized carbons (Fsp3) is 0.400. The third-order valence-corrected chi connectivity index (χ3v) is 3.55. The molecule has 1 fully saturated rings. The van der Waals surface area contributed by atoms with Crippen LogP contribution in [0.4, 0.5) is 13.2 Å². The Kier molecular flexibility index (Phi) is 3.49. The quantitative estimate of drug-likeness (QED) is 0.937. The Morgan fingerprint density at radius 1 is 1.24 bits per heavy atom. The van der Waals surface area contributed by atoms with Crippen LogP contribution in [0.15, 0.2) is 30.5 Å². The summed E-state index contributed by atoms with van der Waals surface area (Å²) in [6, 6.07) is 8.10. The van der Waals surface area contributed by atoms with Crippen LogP contribution in [0.5, 0.6) is 0 Å². The van der Waals surface area contributed by atoms with Gasteiger partial charge in [-0.15, -0.1) is 0 Å². The molecule has 21 heavy (non-hydrogen) atoms. The molecule has 2 aromatic rings.